The van der Waals surface area contributed by atoms with Crippen molar-refractivity contribution in [1.29, 1.82) is 0 Å². The van der Waals surface area contributed by atoms with Crippen LogP contribution in [-0.4, -0.2) is 51.3 Å². The van der Waals surface area contributed by atoms with E-state index in [1.807, 2.05) is 0 Å². The third-order valence-corrected chi connectivity index (χ3v) is 15.3. The molecule has 0 radical (unpaired) electrons. The predicted molar refractivity (Wildman–Crippen MR) is 175 cm³/mol. The van der Waals surface area contributed by atoms with Gasteiger partial charge >= 0.3 is 22.4 Å². The Kier molecular flexibility index (Phi) is 19.5. The van der Waals surface area contributed by atoms with E-state index in [1.54, 1.807) is 0 Å². The molecule has 0 heterocycles. The number of benzene rings is 4. The minimum atomic E-state index is 0. The molecule has 4 unspecified atom stereocenters. The van der Waals surface area contributed by atoms with Crippen LogP contribution in [-0.2, 0) is 22.4 Å². The van der Waals surface area contributed by atoms with Crippen molar-refractivity contribution in [3.8, 4) is 0 Å². The molecule has 0 nitrogen and oxygen atoms in total. The van der Waals surface area contributed by atoms with Gasteiger partial charge in [0.1, 0.15) is 0 Å². The van der Waals surface area contributed by atoms with Gasteiger partial charge in [-0.2, -0.15) is 0 Å². The van der Waals surface area contributed by atoms with E-state index in [0.29, 0.717) is 0 Å². The number of hydrogen-bond acceptors (Lipinski definition) is 0. The van der Waals surface area contributed by atoms with E-state index in [-0.39, 0.29) is 71.0 Å². The zero-order chi connectivity index (χ0) is 25.6. The van der Waals surface area contributed by atoms with E-state index in [1.165, 1.54) is 45.9 Å². The molecule has 38 heavy (non-hydrogen) atoms. The summed E-state index contributed by atoms with van der Waals surface area (Å²) >= 11 is 0. The monoisotopic (exact) mass is 824 g/mol. The molecule has 0 saturated carbocycles. The van der Waals surface area contributed by atoms with Crippen LogP contribution < -0.4 is 38.2 Å². The van der Waals surface area contributed by atoms with Crippen molar-refractivity contribution in [3.63, 3.8) is 0 Å². The molecule has 0 spiro atoms. The fourth-order valence-electron chi connectivity index (χ4n) is 3.85. The summed E-state index contributed by atoms with van der Waals surface area (Å²) in [7, 11) is 0.0706. The minimum Gasteiger partial charge on any atom is -1.00 e. The topological polar surface area (TPSA) is 0 Å². The molecule has 0 saturated heterocycles. The van der Waals surface area contributed by atoms with Gasteiger partial charge in [-0.05, 0) is 72.5 Å². The fraction of sp³-hybridized carbons (Fsp3) is 0.250. The second kappa shape index (κ2) is 20.7. The van der Waals surface area contributed by atoms with Crippen molar-refractivity contribution in [2.75, 3.05) is 51.3 Å². The maximum atomic E-state index is 2.40. The second-order valence-corrected chi connectivity index (χ2v) is 18.5. The molecule has 0 aliphatic rings. The van der Waals surface area contributed by atoms with Crippen molar-refractivity contribution in [3.05, 3.63) is 121 Å². The average molecular weight is 825 g/mol. The summed E-state index contributed by atoms with van der Waals surface area (Å²) < 4.78 is 0. The smallest absolute Gasteiger partial charge is 1.00 e. The molecular formula is C32H40AuBrP4. The maximum Gasteiger partial charge on any atom is 1.00 e. The molecule has 0 aromatic heterocycles. The van der Waals surface area contributed by atoms with Crippen LogP contribution in [0.2, 0.25) is 0 Å². The Balaban J connectivity index is 0.000000361. The first-order valence-corrected chi connectivity index (χ1v) is 20.5. The molecule has 4 aromatic carbocycles. The summed E-state index contributed by atoms with van der Waals surface area (Å²) in [5, 5.41) is 6.13. The van der Waals surface area contributed by atoms with Crippen LogP contribution in [0, 0.1) is 0 Å². The number of rotatable bonds is 10. The molecule has 0 aliphatic carbocycles. The third kappa shape index (κ3) is 13.0. The fourth-order valence-corrected chi connectivity index (χ4v) is 12.4. The van der Waals surface area contributed by atoms with Crippen LogP contribution in [0.4, 0.5) is 0 Å². The first-order valence-electron chi connectivity index (χ1n) is 12.6. The van der Waals surface area contributed by atoms with Crippen LogP contribution in [0.5, 0.6) is 0 Å². The van der Waals surface area contributed by atoms with Gasteiger partial charge in [0, 0.05) is 0 Å². The standard InChI is InChI=1S/2C16H20P2.Au.BrH/c2*1-17(15-9-5-3-6-10-15)13-14-18(2)16-11-7-4-8-12-16;;/h2*3-12H,13-14H2,1-2H3;;1H/q;;+1;/p-1. The van der Waals surface area contributed by atoms with Gasteiger partial charge in [-0.1, -0.05) is 153 Å². The summed E-state index contributed by atoms with van der Waals surface area (Å²) in [6.45, 7) is 9.61. The van der Waals surface area contributed by atoms with Gasteiger partial charge in [-0.15, -0.1) is 0 Å². The molecule has 206 valence electrons. The number of hydrogen-bond donors (Lipinski definition) is 0. The minimum absolute atomic E-state index is 0. The summed E-state index contributed by atoms with van der Waals surface area (Å²) in [4.78, 5) is 0. The normalized spacial score (nSPS) is 13.4. The molecule has 0 bridgehead atoms. The molecular weight excluding hydrogens is 785 g/mol. The molecule has 6 heteroatoms. The Hall–Kier alpha value is -0.180. The Morgan fingerprint density at radius 1 is 0.342 bits per heavy atom. The van der Waals surface area contributed by atoms with Crippen LogP contribution in [0.15, 0.2) is 121 Å². The van der Waals surface area contributed by atoms with E-state index >= 15 is 0 Å². The SMILES string of the molecule is CP(CCP(C)c1ccccc1)c1ccccc1.CP(CCP(C)c1ccccc1)c1ccccc1.[Au+].[Br-]. The van der Waals surface area contributed by atoms with Crippen molar-refractivity contribution in [1.82, 2.24) is 0 Å². The average Bonchev–Trinajstić information content (AvgIpc) is 2.96. The van der Waals surface area contributed by atoms with Crippen molar-refractivity contribution < 1.29 is 39.4 Å². The molecule has 4 atom stereocenters. The van der Waals surface area contributed by atoms with Crippen molar-refractivity contribution in [2.45, 2.75) is 0 Å². The van der Waals surface area contributed by atoms with Gasteiger partial charge < -0.3 is 17.0 Å². The number of halogens is 1. The predicted octanol–water partition coefficient (Wildman–Crippen LogP) is 4.72. The molecule has 4 rings (SSSR count). The van der Waals surface area contributed by atoms with Crippen LogP contribution in [0.3, 0.4) is 0 Å². The van der Waals surface area contributed by atoms with Gasteiger partial charge in [-0.25, -0.2) is 0 Å². The van der Waals surface area contributed by atoms with Gasteiger partial charge in [0.15, 0.2) is 0 Å². The maximum absolute atomic E-state index is 2.40. The zero-order valence-electron chi connectivity index (χ0n) is 22.8. The summed E-state index contributed by atoms with van der Waals surface area (Å²) in [5.74, 6) is 0. The molecule has 0 aliphatic heterocycles. The largest absolute Gasteiger partial charge is 1.00 e. The first kappa shape index (κ1) is 35.8. The van der Waals surface area contributed by atoms with Gasteiger partial charge in [-0.3, -0.25) is 0 Å². The van der Waals surface area contributed by atoms with E-state index in [9.17, 15) is 0 Å². The summed E-state index contributed by atoms with van der Waals surface area (Å²) in [5.41, 5.74) is 0. The van der Waals surface area contributed by atoms with Crippen LogP contribution in [0.1, 0.15) is 0 Å². The van der Waals surface area contributed by atoms with E-state index in [0.717, 1.165) is 0 Å². The third-order valence-electron chi connectivity index (χ3n) is 6.33. The zero-order valence-corrected chi connectivity index (χ0v) is 30.2. The Bertz CT molecular complexity index is 919. The van der Waals surface area contributed by atoms with Crippen LogP contribution in [0.25, 0.3) is 0 Å². The van der Waals surface area contributed by atoms with Crippen LogP contribution >= 0.6 is 31.7 Å². The molecule has 4 aromatic rings. The van der Waals surface area contributed by atoms with Gasteiger partial charge in [0.2, 0.25) is 0 Å². The van der Waals surface area contributed by atoms with E-state index in [2.05, 4.69) is 148 Å². The summed E-state index contributed by atoms with van der Waals surface area (Å²) in [6.07, 6.45) is 5.37. The summed E-state index contributed by atoms with van der Waals surface area (Å²) in [6, 6.07) is 43.8. The Morgan fingerprint density at radius 2 is 0.500 bits per heavy atom. The second-order valence-electron chi connectivity index (χ2n) is 9.03. The van der Waals surface area contributed by atoms with Crippen molar-refractivity contribution in [2.24, 2.45) is 0 Å². The van der Waals surface area contributed by atoms with E-state index in [4.69, 9.17) is 0 Å². The van der Waals surface area contributed by atoms with Gasteiger partial charge in [0.25, 0.3) is 0 Å². The van der Waals surface area contributed by atoms with Gasteiger partial charge in [0.05, 0.1) is 0 Å². The Labute approximate surface area is 263 Å². The molecule has 0 fully saturated rings. The molecule has 0 N–H and O–H groups in total. The first-order chi connectivity index (χ1) is 17.5. The Morgan fingerprint density at radius 3 is 0.658 bits per heavy atom. The quantitative estimate of drug-likeness (QED) is 0.161. The van der Waals surface area contributed by atoms with E-state index < -0.39 is 0 Å². The van der Waals surface area contributed by atoms with Crippen molar-refractivity contribution >= 4 is 52.9 Å². The molecule has 0 amide bonds.